The van der Waals surface area contributed by atoms with Crippen molar-refractivity contribution in [3.8, 4) is 17.4 Å². The molecule has 0 aliphatic carbocycles. The summed E-state index contributed by atoms with van der Waals surface area (Å²) >= 11 is 11.9. The van der Waals surface area contributed by atoms with Gasteiger partial charge in [-0.3, -0.25) is 0 Å². The van der Waals surface area contributed by atoms with Crippen LogP contribution in [0.3, 0.4) is 0 Å². The number of rotatable bonds is 8. The van der Waals surface area contributed by atoms with Crippen molar-refractivity contribution in [1.29, 1.82) is 0 Å². The van der Waals surface area contributed by atoms with E-state index in [1.807, 2.05) is 6.92 Å². The summed E-state index contributed by atoms with van der Waals surface area (Å²) in [6.45, 7) is 3.72. The van der Waals surface area contributed by atoms with E-state index in [-0.39, 0.29) is 14.9 Å². The van der Waals surface area contributed by atoms with Crippen molar-refractivity contribution in [3.63, 3.8) is 0 Å². The fraction of sp³-hybridized carbons (Fsp3) is 0.227. The molecule has 9 heteroatoms. The summed E-state index contributed by atoms with van der Waals surface area (Å²) in [6.07, 6.45) is 2.20. The van der Waals surface area contributed by atoms with Crippen LogP contribution in [0.2, 0.25) is 10.0 Å². The van der Waals surface area contributed by atoms with E-state index >= 15 is 0 Å². The number of sulfonamides is 1. The molecule has 0 amide bonds. The highest BCUT2D eigenvalue weighted by Gasteiger charge is 2.22. The zero-order chi connectivity index (χ0) is 22.6. The molecular formula is C22H22Cl2N2O4S. The Morgan fingerprint density at radius 2 is 1.71 bits per heavy atom. The van der Waals surface area contributed by atoms with Crippen molar-refractivity contribution in [1.82, 2.24) is 9.71 Å². The van der Waals surface area contributed by atoms with Crippen LogP contribution in [0.15, 0.2) is 59.6 Å². The number of methoxy groups -OCH3 is 1. The van der Waals surface area contributed by atoms with Crippen molar-refractivity contribution < 1.29 is 17.9 Å². The molecule has 1 aromatic heterocycles. The van der Waals surface area contributed by atoms with Crippen molar-refractivity contribution >= 4 is 33.2 Å². The number of pyridine rings is 1. The molecule has 0 radical (unpaired) electrons. The predicted octanol–water partition coefficient (Wildman–Crippen LogP) is 5.79. The number of halogens is 2. The van der Waals surface area contributed by atoms with Gasteiger partial charge in [-0.25, -0.2) is 18.1 Å². The summed E-state index contributed by atoms with van der Waals surface area (Å²) in [7, 11) is -2.23. The summed E-state index contributed by atoms with van der Waals surface area (Å²) in [4.78, 5) is 4.38. The maximum Gasteiger partial charge on any atom is 0.241 e. The Bertz CT molecular complexity index is 1170. The van der Waals surface area contributed by atoms with Gasteiger partial charge < -0.3 is 9.47 Å². The number of nitrogens with one attached hydrogen (secondary N) is 1. The van der Waals surface area contributed by atoms with Gasteiger partial charge in [0.25, 0.3) is 0 Å². The van der Waals surface area contributed by atoms with Gasteiger partial charge in [0.05, 0.1) is 22.1 Å². The Balaban J connectivity index is 1.87. The molecule has 0 bridgehead atoms. The van der Waals surface area contributed by atoms with Gasteiger partial charge in [-0.05, 0) is 67.4 Å². The van der Waals surface area contributed by atoms with Gasteiger partial charge in [-0.2, -0.15) is 0 Å². The number of aromatic nitrogens is 1. The van der Waals surface area contributed by atoms with E-state index in [1.165, 1.54) is 18.2 Å². The summed E-state index contributed by atoms with van der Waals surface area (Å²) in [5, 5.41) is 0.460. The zero-order valence-electron chi connectivity index (χ0n) is 17.2. The minimum Gasteiger partial charge on any atom is -0.497 e. The minimum absolute atomic E-state index is 0.0376. The lowest BCUT2D eigenvalue weighted by atomic mass is 10.0. The number of hydrogen-bond donors (Lipinski definition) is 1. The second-order valence-electron chi connectivity index (χ2n) is 6.73. The van der Waals surface area contributed by atoms with Crippen LogP contribution in [0.25, 0.3) is 0 Å². The Hall–Kier alpha value is -2.32. The summed E-state index contributed by atoms with van der Waals surface area (Å²) in [6, 6.07) is 12.6. The molecule has 0 saturated heterocycles. The molecule has 0 aliphatic heterocycles. The Labute approximate surface area is 192 Å². The van der Waals surface area contributed by atoms with Gasteiger partial charge in [0, 0.05) is 17.8 Å². The lowest BCUT2D eigenvalue weighted by molar-refractivity contribution is 0.411. The fourth-order valence-electron chi connectivity index (χ4n) is 3.10. The van der Waals surface area contributed by atoms with Gasteiger partial charge in [0.15, 0.2) is 0 Å². The van der Waals surface area contributed by atoms with Gasteiger partial charge >= 0.3 is 0 Å². The highest BCUT2D eigenvalue weighted by molar-refractivity contribution is 7.89. The lowest BCUT2D eigenvalue weighted by Gasteiger charge is -2.19. The van der Waals surface area contributed by atoms with Crippen LogP contribution in [0, 0.1) is 0 Å². The van der Waals surface area contributed by atoms with E-state index in [0.29, 0.717) is 18.1 Å². The van der Waals surface area contributed by atoms with Crippen molar-refractivity contribution in [2.45, 2.75) is 31.2 Å². The zero-order valence-corrected chi connectivity index (χ0v) is 19.6. The number of nitrogens with zero attached hydrogens (tertiary/aromatic N) is 1. The van der Waals surface area contributed by atoms with Crippen LogP contribution in [0.5, 0.6) is 17.4 Å². The van der Waals surface area contributed by atoms with Gasteiger partial charge in [0.2, 0.25) is 15.9 Å². The van der Waals surface area contributed by atoms with Crippen molar-refractivity contribution in [3.05, 3.63) is 75.9 Å². The SMILES string of the molecule is CCc1c(C(C)NS(=O)(=O)c2ccc(Cl)c(Cl)c2)ccnc1Oc1ccc(OC)cc1. The number of hydrogen-bond acceptors (Lipinski definition) is 5. The monoisotopic (exact) mass is 480 g/mol. The van der Waals surface area contributed by atoms with E-state index in [1.54, 1.807) is 50.6 Å². The molecular weight excluding hydrogens is 459 g/mol. The van der Waals surface area contributed by atoms with Gasteiger partial charge in [-0.15, -0.1) is 0 Å². The largest absolute Gasteiger partial charge is 0.497 e. The molecule has 164 valence electrons. The maximum atomic E-state index is 12.8. The average Bonchev–Trinajstić information content (AvgIpc) is 2.75. The Kier molecular flexibility index (Phi) is 7.43. The molecule has 3 aromatic rings. The highest BCUT2D eigenvalue weighted by Crippen LogP contribution is 2.31. The predicted molar refractivity (Wildman–Crippen MR) is 122 cm³/mol. The van der Waals surface area contributed by atoms with Crippen LogP contribution in [0.1, 0.15) is 31.0 Å². The second kappa shape index (κ2) is 9.87. The minimum atomic E-state index is -3.82. The van der Waals surface area contributed by atoms with E-state index in [2.05, 4.69) is 9.71 Å². The summed E-state index contributed by atoms with van der Waals surface area (Å²) < 4.78 is 39.5. The second-order valence-corrected chi connectivity index (χ2v) is 9.26. The molecule has 1 N–H and O–H groups in total. The first-order chi connectivity index (χ1) is 14.7. The van der Waals surface area contributed by atoms with E-state index in [9.17, 15) is 8.42 Å². The molecule has 6 nitrogen and oxygen atoms in total. The van der Waals surface area contributed by atoms with E-state index < -0.39 is 16.1 Å². The highest BCUT2D eigenvalue weighted by atomic mass is 35.5. The molecule has 1 heterocycles. The van der Waals surface area contributed by atoms with Crippen LogP contribution < -0.4 is 14.2 Å². The van der Waals surface area contributed by atoms with Crippen molar-refractivity contribution in [2.24, 2.45) is 0 Å². The topological polar surface area (TPSA) is 77.5 Å². The average molecular weight is 481 g/mol. The summed E-state index contributed by atoms with van der Waals surface area (Å²) in [5.41, 5.74) is 1.58. The molecule has 31 heavy (non-hydrogen) atoms. The first-order valence-electron chi connectivity index (χ1n) is 9.52. The van der Waals surface area contributed by atoms with E-state index in [4.69, 9.17) is 32.7 Å². The third-order valence-corrected chi connectivity index (χ3v) is 6.96. The fourth-order valence-corrected chi connectivity index (χ4v) is 4.71. The summed E-state index contributed by atoms with van der Waals surface area (Å²) in [5.74, 6) is 1.74. The molecule has 2 aromatic carbocycles. The molecule has 0 spiro atoms. The van der Waals surface area contributed by atoms with E-state index in [0.717, 1.165) is 16.9 Å². The van der Waals surface area contributed by atoms with Crippen LogP contribution in [-0.2, 0) is 16.4 Å². The van der Waals surface area contributed by atoms with Gasteiger partial charge in [0.1, 0.15) is 11.5 Å². The van der Waals surface area contributed by atoms with Crippen LogP contribution in [-0.4, -0.2) is 20.5 Å². The normalized spacial score (nSPS) is 12.4. The molecule has 3 rings (SSSR count). The third kappa shape index (κ3) is 5.49. The van der Waals surface area contributed by atoms with Crippen molar-refractivity contribution in [2.75, 3.05) is 7.11 Å². The number of ether oxygens (including phenoxy) is 2. The third-order valence-electron chi connectivity index (χ3n) is 4.68. The lowest BCUT2D eigenvalue weighted by Crippen LogP contribution is -2.27. The first-order valence-corrected chi connectivity index (χ1v) is 11.8. The maximum absolute atomic E-state index is 12.8. The van der Waals surface area contributed by atoms with Gasteiger partial charge in [-0.1, -0.05) is 30.1 Å². The quantitative estimate of drug-likeness (QED) is 0.441. The van der Waals surface area contributed by atoms with Crippen LogP contribution in [0.4, 0.5) is 0 Å². The molecule has 0 saturated carbocycles. The molecule has 0 fully saturated rings. The van der Waals surface area contributed by atoms with Crippen LogP contribution >= 0.6 is 23.2 Å². The molecule has 0 aliphatic rings. The number of benzene rings is 2. The first kappa shape index (κ1) is 23.3. The Morgan fingerprint density at radius 3 is 2.32 bits per heavy atom. The smallest absolute Gasteiger partial charge is 0.241 e. The Morgan fingerprint density at radius 1 is 1.03 bits per heavy atom. The standard InChI is InChI=1S/C22H22Cl2N2O4S/c1-4-18-19(11-12-25-22(18)30-16-7-5-15(29-3)6-8-16)14(2)26-31(27,28)17-9-10-20(23)21(24)13-17/h5-14,26H,4H2,1-3H3. The molecule has 1 unspecified atom stereocenters. The molecule has 1 atom stereocenters.